The van der Waals surface area contributed by atoms with E-state index < -0.39 is 28.9 Å². The van der Waals surface area contributed by atoms with Crippen molar-refractivity contribution < 1.29 is 23.6 Å². The molecule has 2 N–H and O–H groups in total. The van der Waals surface area contributed by atoms with E-state index in [-0.39, 0.29) is 11.7 Å². The number of nitrogens with zero attached hydrogens (tertiary/aromatic N) is 1. The minimum Gasteiger partial charge on any atom is -0.481 e. The lowest BCUT2D eigenvalue weighted by Crippen LogP contribution is -2.20. The van der Waals surface area contributed by atoms with E-state index in [0.29, 0.717) is 17.4 Å². The zero-order chi connectivity index (χ0) is 18.4. The van der Waals surface area contributed by atoms with Gasteiger partial charge in [-0.2, -0.15) is 0 Å². The average Bonchev–Trinajstić information content (AvgIpc) is 2.53. The average molecular weight is 347 g/mol. The van der Waals surface area contributed by atoms with Crippen molar-refractivity contribution in [1.82, 2.24) is 0 Å². The molecule has 0 fully saturated rings. The first-order chi connectivity index (χ1) is 11.8. The van der Waals surface area contributed by atoms with Gasteiger partial charge in [-0.15, -0.1) is 0 Å². The highest BCUT2D eigenvalue weighted by molar-refractivity contribution is 5.94. The van der Waals surface area contributed by atoms with Gasteiger partial charge in [-0.1, -0.05) is 6.07 Å². The highest BCUT2D eigenvalue weighted by Gasteiger charge is 2.13. The van der Waals surface area contributed by atoms with E-state index >= 15 is 0 Å². The zero-order valence-corrected chi connectivity index (χ0v) is 13.1. The fourth-order valence-electron chi connectivity index (χ4n) is 1.94. The van der Waals surface area contributed by atoms with Gasteiger partial charge in [0.2, 0.25) is 5.91 Å². The third-order valence-corrected chi connectivity index (χ3v) is 2.95. The van der Waals surface area contributed by atoms with Crippen LogP contribution >= 0.6 is 0 Å². The molecule has 0 radical (unpaired) electrons. The van der Waals surface area contributed by atoms with E-state index in [1.807, 2.05) is 0 Å². The molecule has 25 heavy (non-hydrogen) atoms. The number of non-ortho nitro benzene ring substituents is 1. The Hall–Kier alpha value is -3.49. The molecule has 0 saturated heterocycles. The quantitative estimate of drug-likeness (QED) is 0.616. The van der Waals surface area contributed by atoms with Crippen molar-refractivity contribution in [3.05, 3.63) is 58.4 Å². The maximum atomic E-state index is 13.7. The first-order valence-corrected chi connectivity index (χ1v) is 7.09. The van der Waals surface area contributed by atoms with Gasteiger partial charge < -0.3 is 15.4 Å². The molecule has 2 aromatic rings. The summed E-state index contributed by atoms with van der Waals surface area (Å²) in [6, 6.07) is 9.31. The fraction of sp³-hybridized carbons (Fsp3) is 0.125. The summed E-state index contributed by atoms with van der Waals surface area (Å²) in [5.41, 5.74) is 0.515. The smallest absolute Gasteiger partial charge is 0.272 e. The molecule has 9 heteroatoms. The Kier molecular flexibility index (Phi) is 5.62. The van der Waals surface area contributed by atoms with Crippen LogP contribution in [0.1, 0.15) is 6.92 Å². The van der Waals surface area contributed by atoms with Crippen molar-refractivity contribution >= 4 is 28.9 Å². The second kappa shape index (κ2) is 7.86. The fourth-order valence-corrected chi connectivity index (χ4v) is 1.94. The summed E-state index contributed by atoms with van der Waals surface area (Å²) in [6.07, 6.45) is 0. The number of nitrogens with one attached hydrogen (secondary N) is 2. The molecule has 2 aromatic carbocycles. The molecule has 8 nitrogen and oxygen atoms in total. The van der Waals surface area contributed by atoms with Crippen LogP contribution in [-0.2, 0) is 9.59 Å². The summed E-state index contributed by atoms with van der Waals surface area (Å²) in [5.74, 6) is -2.01. The number of hydrogen-bond acceptors (Lipinski definition) is 5. The van der Waals surface area contributed by atoms with Crippen LogP contribution in [0.25, 0.3) is 0 Å². The van der Waals surface area contributed by atoms with Crippen LogP contribution in [-0.4, -0.2) is 23.3 Å². The number of nitro benzene ring substituents is 1. The predicted molar refractivity (Wildman–Crippen MR) is 87.9 cm³/mol. The van der Waals surface area contributed by atoms with Crippen LogP contribution < -0.4 is 15.4 Å². The number of carbonyl (C=O) groups is 2. The summed E-state index contributed by atoms with van der Waals surface area (Å²) >= 11 is 0. The molecule has 0 saturated carbocycles. The molecule has 0 heterocycles. The Bertz CT molecular complexity index is 825. The van der Waals surface area contributed by atoms with Gasteiger partial charge in [0.15, 0.2) is 18.2 Å². The second-order valence-corrected chi connectivity index (χ2v) is 4.97. The first-order valence-electron chi connectivity index (χ1n) is 7.09. The largest absolute Gasteiger partial charge is 0.481 e. The normalized spacial score (nSPS) is 10.0. The zero-order valence-electron chi connectivity index (χ0n) is 13.1. The van der Waals surface area contributed by atoms with Gasteiger partial charge >= 0.3 is 0 Å². The van der Waals surface area contributed by atoms with Crippen molar-refractivity contribution in [2.45, 2.75) is 6.92 Å². The van der Waals surface area contributed by atoms with Gasteiger partial charge in [0.05, 0.1) is 11.0 Å². The van der Waals surface area contributed by atoms with E-state index in [4.69, 9.17) is 4.74 Å². The standard InChI is InChI=1S/C16H14FN3O5/c1-10(21)18-11-3-2-4-12(7-11)19-16(22)9-25-15-6-5-13(20(23)24)8-14(15)17/h2-8H,9H2,1H3,(H,18,21)(H,19,22). The highest BCUT2D eigenvalue weighted by Crippen LogP contribution is 2.22. The van der Waals surface area contributed by atoms with Crippen LogP contribution in [0.2, 0.25) is 0 Å². The van der Waals surface area contributed by atoms with Crippen molar-refractivity contribution in [3.8, 4) is 5.75 Å². The number of benzene rings is 2. The van der Waals surface area contributed by atoms with Gasteiger partial charge in [0.25, 0.3) is 11.6 Å². The van der Waals surface area contributed by atoms with E-state index in [2.05, 4.69) is 10.6 Å². The molecule has 130 valence electrons. The van der Waals surface area contributed by atoms with Gasteiger partial charge in [0, 0.05) is 24.4 Å². The van der Waals surface area contributed by atoms with Gasteiger partial charge in [0.1, 0.15) is 0 Å². The predicted octanol–water partition coefficient (Wildman–Crippen LogP) is 2.71. The Balaban J connectivity index is 1.95. The second-order valence-electron chi connectivity index (χ2n) is 4.97. The number of halogens is 1. The minimum atomic E-state index is -0.936. The number of rotatable bonds is 6. The SMILES string of the molecule is CC(=O)Nc1cccc(NC(=O)COc2ccc([N+](=O)[O-])cc2F)c1. The molecule has 2 rings (SSSR count). The van der Waals surface area contributed by atoms with E-state index in [9.17, 15) is 24.1 Å². The number of ether oxygens (including phenoxy) is 1. The third-order valence-electron chi connectivity index (χ3n) is 2.95. The van der Waals surface area contributed by atoms with E-state index in [0.717, 1.165) is 12.1 Å². The van der Waals surface area contributed by atoms with Crippen LogP contribution in [0, 0.1) is 15.9 Å². The lowest BCUT2D eigenvalue weighted by Gasteiger charge is -2.09. The molecule has 0 aliphatic rings. The van der Waals surface area contributed by atoms with Crippen LogP contribution in [0.15, 0.2) is 42.5 Å². The summed E-state index contributed by atoms with van der Waals surface area (Å²) < 4.78 is 18.7. The summed E-state index contributed by atoms with van der Waals surface area (Å²) in [7, 11) is 0. The maximum Gasteiger partial charge on any atom is 0.272 e. The minimum absolute atomic E-state index is 0.250. The van der Waals surface area contributed by atoms with Crippen LogP contribution in [0.5, 0.6) is 5.75 Å². The summed E-state index contributed by atoms with van der Waals surface area (Å²) in [4.78, 5) is 32.7. The van der Waals surface area contributed by atoms with Gasteiger partial charge in [-0.05, 0) is 24.3 Å². The van der Waals surface area contributed by atoms with E-state index in [1.54, 1.807) is 24.3 Å². The van der Waals surface area contributed by atoms with Gasteiger partial charge in [-0.25, -0.2) is 4.39 Å². The molecule has 0 atom stereocenters. The lowest BCUT2D eigenvalue weighted by atomic mass is 10.2. The molecule has 0 aromatic heterocycles. The van der Waals surface area contributed by atoms with Crippen molar-refractivity contribution in [2.24, 2.45) is 0 Å². The molecular weight excluding hydrogens is 333 g/mol. The van der Waals surface area contributed by atoms with Crippen molar-refractivity contribution in [3.63, 3.8) is 0 Å². The third kappa shape index (κ3) is 5.27. The lowest BCUT2D eigenvalue weighted by molar-refractivity contribution is -0.385. The Morgan fingerprint density at radius 2 is 1.84 bits per heavy atom. The Labute approximate surface area is 141 Å². The number of carbonyl (C=O) groups excluding carboxylic acids is 2. The van der Waals surface area contributed by atoms with Crippen LogP contribution in [0.4, 0.5) is 21.5 Å². The maximum absolute atomic E-state index is 13.7. The summed E-state index contributed by atoms with van der Waals surface area (Å²) in [6.45, 7) is 0.872. The Morgan fingerprint density at radius 1 is 1.16 bits per heavy atom. The topological polar surface area (TPSA) is 111 Å². The van der Waals surface area contributed by atoms with E-state index in [1.165, 1.54) is 6.92 Å². The van der Waals surface area contributed by atoms with Gasteiger partial charge in [-0.3, -0.25) is 19.7 Å². The number of anilines is 2. The first kappa shape index (κ1) is 17.9. The van der Waals surface area contributed by atoms with Crippen molar-refractivity contribution in [2.75, 3.05) is 17.2 Å². The monoisotopic (exact) mass is 347 g/mol. The van der Waals surface area contributed by atoms with Crippen LogP contribution in [0.3, 0.4) is 0 Å². The highest BCUT2D eigenvalue weighted by atomic mass is 19.1. The molecule has 0 spiro atoms. The molecular formula is C16H14FN3O5. The summed E-state index contributed by atoms with van der Waals surface area (Å²) in [5, 5.41) is 15.6. The Morgan fingerprint density at radius 3 is 2.44 bits per heavy atom. The number of amides is 2. The molecule has 0 aliphatic carbocycles. The van der Waals surface area contributed by atoms with Crippen molar-refractivity contribution in [1.29, 1.82) is 0 Å². The number of nitro groups is 1. The molecule has 0 bridgehead atoms. The molecule has 0 unspecified atom stereocenters. The molecule has 0 aliphatic heterocycles. The molecule has 2 amide bonds. The number of hydrogen-bond donors (Lipinski definition) is 2.